The third kappa shape index (κ3) is 2.78. The van der Waals surface area contributed by atoms with Gasteiger partial charge in [-0.3, -0.25) is 9.48 Å². The second kappa shape index (κ2) is 6.19. The standard InChI is InChI=1S/C19H23N3O/c23-19(18-10-3-7-15-6-1-2-9-17(15)18)22-13-4-8-16(22)14-21-12-5-11-20-21/h1-2,5-6,9,11-12,16,18H,3-4,7-8,10,13-14H2/t16-,18+/m0/s1. The fraction of sp³-hybridized carbons (Fsp3) is 0.474. The van der Waals surface area contributed by atoms with E-state index >= 15 is 0 Å². The van der Waals surface area contributed by atoms with E-state index < -0.39 is 0 Å². The van der Waals surface area contributed by atoms with Gasteiger partial charge in [0.15, 0.2) is 0 Å². The van der Waals surface area contributed by atoms with Crippen LogP contribution in [-0.2, 0) is 17.8 Å². The first-order valence-electron chi connectivity index (χ1n) is 8.68. The van der Waals surface area contributed by atoms with Crippen molar-refractivity contribution in [3.05, 3.63) is 53.9 Å². The molecule has 0 bridgehead atoms. The number of aryl methyl sites for hydroxylation is 1. The number of likely N-dealkylation sites (tertiary alicyclic amines) is 1. The Hall–Kier alpha value is -2.10. The van der Waals surface area contributed by atoms with Crippen LogP contribution in [0.4, 0.5) is 0 Å². The Morgan fingerprint density at radius 2 is 2.09 bits per heavy atom. The highest BCUT2D eigenvalue weighted by molar-refractivity contribution is 5.85. The molecular weight excluding hydrogens is 286 g/mol. The number of aromatic nitrogens is 2. The molecule has 2 aromatic rings. The van der Waals surface area contributed by atoms with Gasteiger partial charge in [-0.1, -0.05) is 24.3 Å². The first-order valence-corrected chi connectivity index (χ1v) is 8.68. The molecule has 2 atom stereocenters. The van der Waals surface area contributed by atoms with Crippen molar-refractivity contribution in [3.8, 4) is 0 Å². The van der Waals surface area contributed by atoms with Gasteiger partial charge in [-0.25, -0.2) is 0 Å². The summed E-state index contributed by atoms with van der Waals surface area (Å²) in [5.41, 5.74) is 2.62. The van der Waals surface area contributed by atoms with Crippen molar-refractivity contribution < 1.29 is 4.79 Å². The van der Waals surface area contributed by atoms with Gasteiger partial charge in [0.1, 0.15) is 0 Å². The van der Waals surface area contributed by atoms with E-state index in [0.29, 0.717) is 5.91 Å². The molecule has 0 radical (unpaired) electrons. The lowest BCUT2D eigenvalue weighted by molar-refractivity contribution is -0.134. The zero-order valence-electron chi connectivity index (χ0n) is 13.4. The number of nitrogens with zero attached hydrogens (tertiary/aromatic N) is 3. The number of carbonyl (C=O) groups excluding carboxylic acids is 1. The normalized spacial score (nSPS) is 23.7. The van der Waals surface area contributed by atoms with Gasteiger partial charge in [-0.2, -0.15) is 5.10 Å². The molecule has 1 saturated heterocycles. The van der Waals surface area contributed by atoms with Gasteiger partial charge in [-0.05, 0) is 49.3 Å². The Bertz CT molecular complexity index is 680. The summed E-state index contributed by atoms with van der Waals surface area (Å²) in [6.07, 6.45) is 9.18. The number of hydrogen-bond acceptors (Lipinski definition) is 2. The fourth-order valence-electron chi connectivity index (χ4n) is 4.15. The van der Waals surface area contributed by atoms with Crippen molar-refractivity contribution in [3.63, 3.8) is 0 Å². The van der Waals surface area contributed by atoms with E-state index in [1.807, 2.05) is 16.9 Å². The maximum absolute atomic E-state index is 13.2. The number of amides is 1. The maximum Gasteiger partial charge on any atom is 0.230 e. The molecule has 120 valence electrons. The van der Waals surface area contributed by atoms with E-state index in [4.69, 9.17) is 0 Å². The van der Waals surface area contributed by atoms with Gasteiger partial charge in [0.2, 0.25) is 5.91 Å². The topological polar surface area (TPSA) is 38.1 Å². The zero-order chi connectivity index (χ0) is 15.6. The molecule has 23 heavy (non-hydrogen) atoms. The number of benzene rings is 1. The van der Waals surface area contributed by atoms with Crippen LogP contribution in [0, 0.1) is 0 Å². The van der Waals surface area contributed by atoms with E-state index in [2.05, 4.69) is 34.3 Å². The first-order chi connectivity index (χ1) is 11.3. The Morgan fingerprint density at radius 3 is 2.96 bits per heavy atom. The fourth-order valence-corrected chi connectivity index (χ4v) is 4.15. The van der Waals surface area contributed by atoms with Crippen LogP contribution in [0.25, 0.3) is 0 Å². The summed E-state index contributed by atoms with van der Waals surface area (Å²) in [6, 6.07) is 10.7. The summed E-state index contributed by atoms with van der Waals surface area (Å²) in [5, 5.41) is 4.30. The number of carbonyl (C=O) groups is 1. The Balaban J connectivity index is 1.54. The number of rotatable bonds is 3. The lowest BCUT2D eigenvalue weighted by Gasteiger charge is -2.32. The molecule has 0 spiro atoms. The maximum atomic E-state index is 13.2. The van der Waals surface area contributed by atoms with Gasteiger partial charge in [0.05, 0.1) is 18.5 Å². The second-order valence-electron chi connectivity index (χ2n) is 6.70. The highest BCUT2D eigenvalue weighted by Crippen LogP contribution is 2.34. The van der Waals surface area contributed by atoms with Crippen LogP contribution in [0.5, 0.6) is 0 Å². The minimum absolute atomic E-state index is 0.0539. The molecule has 1 fully saturated rings. The van der Waals surface area contributed by atoms with E-state index in [9.17, 15) is 4.79 Å². The summed E-state index contributed by atoms with van der Waals surface area (Å²) in [5.74, 6) is 0.380. The van der Waals surface area contributed by atoms with Crippen molar-refractivity contribution in [2.45, 2.75) is 50.6 Å². The average Bonchev–Trinajstić information content (AvgIpc) is 3.26. The van der Waals surface area contributed by atoms with Crippen molar-refractivity contribution in [1.82, 2.24) is 14.7 Å². The Labute approximate surface area is 137 Å². The SMILES string of the molecule is O=C([C@@H]1CCCc2ccccc21)N1CCC[C@H]1Cn1cccn1. The van der Waals surface area contributed by atoms with Crippen LogP contribution < -0.4 is 0 Å². The van der Waals surface area contributed by atoms with Crippen LogP contribution in [0.15, 0.2) is 42.7 Å². The number of fused-ring (bicyclic) bond motifs is 1. The van der Waals surface area contributed by atoms with Crippen LogP contribution >= 0.6 is 0 Å². The summed E-state index contributed by atoms with van der Waals surface area (Å²) < 4.78 is 1.95. The summed E-state index contributed by atoms with van der Waals surface area (Å²) >= 11 is 0. The van der Waals surface area contributed by atoms with Gasteiger partial charge < -0.3 is 4.90 Å². The molecule has 1 amide bonds. The first kappa shape index (κ1) is 14.5. The summed E-state index contributed by atoms with van der Waals surface area (Å²) in [4.78, 5) is 15.3. The molecular formula is C19H23N3O. The smallest absolute Gasteiger partial charge is 0.230 e. The van der Waals surface area contributed by atoms with Crippen molar-refractivity contribution in [2.75, 3.05) is 6.54 Å². The van der Waals surface area contributed by atoms with Crippen LogP contribution in [0.2, 0.25) is 0 Å². The monoisotopic (exact) mass is 309 g/mol. The molecule has 1 aromatic heterocycles. The predicted molar refractivity (Wildman–Crippen MR) is 89.1 cm³/mol. The molecule has 0 saturated carbocycles. The molecule has 0 unspecified atom stereocenters. The van der Waals surface area contributed by atoms with Gasteiger partial charge in [-0.15, -0.1) is 0 Å². The summed E-state index contributed by atoms with van der Waals surface area (Å²) in [6.45, 7) is 1.70. The Kier molecular flexibility index (Phi) is 3.90. The third-order valence-corrected chi connectivity index (χ3v) is 5.28. The third-order valence-electron chi connectivity index (χ3n) is 5.28. The molecule has 2 heterocycles. The molecule has 1 aliphatic carbocycles. The minimum atomic E-state index is 0.0539. The minimum Gasteiger partial charge on any atom is -0.337 e. The molecule has 1 aliphatic heterocycles. The second-order valence-corrected chi connectivity index (χ2v) is 6.70. The van der Waals surface area contributed by atoms with Crippen molar-refractivity contribution >= 4 is 5.91 Å². The highest BCUT2D eigenvalue weighted by Gasteiger charge is 2.35. The lowest BCUT2D eigenvalue weighted by Crippen LogP contribution is -2.41. The Morgan fingerprint density at radius 1 is 1.17 bits per heavy atom. The molecule has 1 aromatic carbocycles. The predicted octanol–water partition coefficient (Wildman–Crippen LogP) is 2.99. The van der Waals surface area contributed by atoms with Crippen molar-refractivity contribution in [1.29, 1.82) is 0 Å². The molecule has 4 nitrogen and oxygen atoms in total. The summed E-state index contributed by atoms with van der Waals surface area (Å²) in [7, 11) is 0. The number of hydrogen-bond donors (Lipinski definition) is 0. The molecule has 2 aliphatic rings. The molecule has 0 N–H and O–H groups in total. The van der Waals surface area contributed by atoms with Gasteiger partial charge in [0.25, 0.3) is 0 Å². The van der Waals surface area contributed by atoms with Crippen molar-refractivity contribution in [2.24, 2.45) is 0 Å². The van der Waals surface area contributed by atoms with E-state index in [1.165, 1.54) is 11.1 Å². The zero-order valence-corrected chi connectivity index (χ0v) is 13.4. The molecule has 4 heteroatoms. The molecule has 4 rings (SSSR count). The lowest BCUT2D eigenvalue weighted by atomic mass is 9.82. The largest absolute Gasteiger partial charge is 0.337 e. The average molecular weight is 309 g/mol. The van der Waals surface area contributed by atoms with E-state index in [1.54, 1.807) is 6.20 Å². The van der Waals surface area contributed by atoms with Crippen LogP contribution in [0.1, 0.15) is 42.7 Å². The van der Waals surface area contributed by atoms with Crippen LogP contribution in [0.3, 0.4) is 0 Å². The van der Waals surface area contributed by atoms with E-state index in [-0.39, 0.29) is 12.0 Å². The quantitative estimate of drug-likeness (QED) is 0.874. The van der Waals surface area contributed by atoms with Gasteiger partial charge in [0, 0.05) is 18.9 Å². The highest BCUT2D eigenvalue weighted by atomic mass is 16.2. The van der Waals surface area contributed by atoms with E-state index in [0.717, 1.165) is 45.2 Å². The van der Waals surface area contributed by atoms with Gasteiger partial charge >= 0.3 is 0 Å². The van der Waals surface area contributed by atoms with Crippen LogP contribution in [-0.4, -0.2) is 33.2 Å².